The molecule has 2 radical (unpaired) electrons. The zero-order chi connectivity index (χ0) is 15.3. The molecule has 0 aromatic heterocycles. The molecular weight excluding hydrogens is 532 g/mol. The fraction of sp³-hybridized carbons (Fsp3) is 0.500. The van der Waals surface area contributed by atoms with Crippen LogP contribution in [0, 0.1) is 0 Å². The molecule has 118 valence electrons. The van der Waals surface area contributed by atoms with Crippen LogP contribution in [0.2, 0.25) is 0 Å². The van der Waals surface area contributed by atoms with Crippen molar-refractivity contribution in [3.05, 3.63) is 0 Å². The van der Waals surface area contributed by atoms with Crippen molar-refractivity contribution in [2.45, 2.75) is 24.4 Å². The number of carbonyl (C=O) groups excluding carboxylic acids is 4. The van der Waals surface area contributed by atoms with Crippen molar-refractivity contribution >= 4 is 64.8 Å². The number of rotatable bonds is 0. The summed E-state index contributed by atoms with van der Waals surface area (Å²) in [6.45, 7) is 0. The van der Waals surface area contributed by atoms with Crippen LogP contribution in [0.15, 0.2) is 0 Å². The first kappa shape index (κ1) is 13.8. The first-order valence-electron chi connectivity index (χ1n) is 5.86. The van der Waals surface area contributed by atoms with Crippen LogP contribution < -0.4 is 0 Å². The Labute approximate surface area is 132 Å². The van der Waals surface area contributed by atoms with E-state index in [1.165, 1.54) is 0 Å². The molecule has 12 nitrogen and oxygen atoms in total. The van der Waals surface area contributed by atoms with E-state index < -0.39 is 89.3 Å². The Morgan fingerprint density at radius 1 is 0.500 bits per heavy atom. The van der Waals surface area contributed by atoms with E-state index in [-0.39, 0.29) is 0 Å². The van der Waals surface area contributed by atoms with Gasteiger partial charge in [-0.05, 0) is 0 Å². The van der Waals surface area contributed by atoms with Gasteiger partial charge >= 0.3 is 133 Å². The minimum atomic E-state index is -4.87. The minimum absolute atomic E-state index is 0.966. The molecule has 22 heavy (non-hydrogen) atoms. The molecule has 5 rings (SSSR count). The molecule has 14 heteroatoms. The third kappa shape index (κ3) is 1.62. The molecule has 2 spiro atoms. The Kier molecular flexibility index (Phi) is 2.54. The van der Waals surface area contributed by atoms with E-state index in [2.05, 4.69) is 0 Å². The predicted molar refractivity (Wildman–Crippen MR) is 55.4 cm³/mol. The van der Waals surface area contributed by atoms with Crippen molar-refractivity contribution in [2.75, 3.05) is 0 Å². The maximum absolute atomic E-state index is 11.9. The third-order valence-corrected chi connectivity index (χ3v) is 13.4. The van der Waals surface area contributed by atoms with Crippen LogP contribution in [-0.4, -0.2) is 89.3 Å². The molecule has 0 amide bonds. The fourth-order valence-electron chi connectivity index (χ4n) is 2.35. The molecule has 5 saturated heterocycles. The Bertz CT molecular complexity index is 548. The summed E-state index contributed by atoms with van der Waals surface area (Å²) in [5.41, 5.74) is 0. The standard InChI is InChI=1S/2C4H4O6.2Sb/c2*5-1(3(7)8)2(6)4(9)10;;/h2*1-2H,(H,7,8)(H,9,10);;/q2*-2;2*+4/p-4. The average molecular weight is 536 g/mol. The molecule has 6 bridgehead atoms. The number of fused-ring (bicyclic) bond motifs is 6. The van der Waals surface area contributed by atoms with E-state index in [0.29, 0.717) is 0 Å². The van der Waals surface area contributed by atoms with E-state index in [0.717, 1.165) is 0 Å². The zero-order valence-electron chi connectivity index (χ0n) is 10.1. The molecule has 0 aromatic carbocycles. The first-order chi connectivity index (χ1) is 10.4. The van der Waals surface area contributed by atoms with E-state index >= 15 is 0 Å². The molecule has 5 aliphatic heterocycles. The van der Waals surface area contributed by atoms with E-state index in [9.17, 15) is 19.2 Å². The number of hydrogen-bond donors (Lipinski definition) is 0. The van der Waals surface area contributed by atoms with Gasteiger partial charge in [-0.1, -0.05) is 0 Å². The second-order valence-corrected chi connectivity index (χ2v) is 14.2. The van der Waals surface area contributed by atoms with Gasteiger partial charge in [0.2, 0.25) is 0 Å². The molecular formula is C8H4O12Sb2. The second-order valence-electron chi connectivity index (χ2n) is 4.64. The summed E-state index contributed by atoms with van der Waals surface area (Å²) in [4.78, 5) is 47.6. The van der Waals surface area contributed by atoms with E-state index in [1.54, 1.807) is 0 Å². The van der Waals surface area contributed by atoms with Gasteiger partial charge in [-0.2, -0.15) is 0 Å². The predicted octanol–water partition coefficient (Wildman–Crippen LogP) is -3.36. The summed E-state index contributed by atoms with van der Waals surface area (Å²) in [7, 11) is 0. The third-order valence-electron chi connectivity index (χ3n) is 3.26. The normalized spacial score (nSPS) is 51.3. The van der Waals surface area contributed by atoms with Crippen molar-refractivity contribution in [3.63, 3.8) is 0 Å². The Hall–Kier alpha value is -0.644. The topological polar surface area (TPSA) is 142 Å². The summed E-state index contributed by atoms with van der Waals surface area (Å²) in [5.74, 6) is -3.86. The van der Waals surface area contributed by atoms with Crippen LogP contribution in [-0.2, 0) is 43.3 Å². The molecule has 0 aliphatic carbocycles. The molecule has 0 N–H and O–H groups in total. The van der Waals surface area contributed by atoms with Crippen LogP contribution in [0.5, 0.6) is 0 Å². The van der Waals surface area contributed by atoms with Crippen molar-refractivity contribution < 1.29 is 43.3 Å². The zero-order valence-corrected chi connectivity index (χ0v) is 15.2. The quantitative estimate of drug-likeness (QED) is 0.286. The fourth-order valence-corrected chi connectivity index (χ4v) is 13.0. The van der Waals surface area contributed by atoms with Crippen molar-refractivity contribution in [1.29, 1.82) is 0 Å². The monoisotopic (exact) mass is 534 g/mol. The van der Waals surface area contributed by atoms with E-state index in [1.807, 2.05) is 0 Å². The molecule has 0 saturated carbocycles. The molecule has 5 heterocycles. The maximum atomic E-state index is 11.9. The van der Waals surface area contributed by atoms with Crippen molar-refractivity contribution in [2.24, 2.45) is 0 Å². The molecule has 4 atom stereocenters. The summed E-state index contributed by atoms with van der Waals surface area (Å²) in [6.07, 6.45) is -6.06. The van der Waals surface area contributed by atoms with Gasteiger partial charge in [0.05, 0.1) is 0 Å². The van der Waals surface area contributed by atoms with Gasteiger partial charge in [-0.15, -0.1) is 0 Å². The van der Waals surface area contributed by atoms with Crippen molar-refractivity contribution in [1.82, 2.24) is 0 Å². The van der Waals surface area contributed by atoms with Crippen molar-refractivity contribution in [3.8, 4) is 0 Å². The van der Waals surface area contributed by atoms with Gasteiger partial charge in [0, 0.05) is 0 Å². The van der Waals surface area contributed by atoms with Crippen LogP contribution in [0.3, 0.4) is 0 Å². The van der Waals surface area contributed by atoms with Gasteiger partial charge < -0.3 is 0 Å². The molecule has 5 aliphatic rings. The SMILES string of the molecule is O=C1[O][Sb]23[O]C(=O)C([O]2)C2[O][Sb]4([O]C(=O)C([O]4)C1[O]3)[O]C2=O. The van der Waals surface area contributed by atoms with Gasteiger partial charge in [-0.25, -0.2) is 0 Å². The summed E-state index contributed by atoms with van der Waals surface area (Å²) >= 11 is -9.74. The molecule has 4 unspecified atom stereocenters. The van der Waals surface area contributed by atoms with Crippen LogP contribution in [0.4, 0.5) is 0 Å². The van der Waals surface area contributed by atoms with E-state index in [4.69, 9.17) is 24.1 Å². The Morgan fingerprint density at radius 3 is 0.955 bits per heavy atom. The number of hydrogen-bond acceptors (Lipinski definition) is 12. The summed E-state index contributed by atoms with van der Waals surface area (Å²) in [6, 6.07) is 0. The molecule has 5 fully saturated rings. The Balaban J connectivity index is 1.66. The van der Waals surface area contributed by atoms with Gasteiger partial charge in [0.1, 0.15) is 0 Å². The van der Waals surface area contributed by atoms with Crippen LogP contribution in [0.1, 0.15) is 0 Å². The van der Waals surface area contributed by atoms with Gasteiger partial charge in [-0.3, -0.25) is 0 Å². The second kappa shape index (κ2) is 4.06. The van der Waals surface area contributed by atoms with Gasteiger partial charge in [0.15, 0.2) is 0 Å². The summed E-state index contributed by atoms with van der Waals surface area (Å²) in [5, 5.41) is 0. The van der Waals surface area contributed by atoms with Crippen LogP contribution >= 0.6 is 0 Å². The van der Waals surface area contributed by atoms with Crippen LogP contribution in [0.25, 0.3) is 0 Å². The Morgan fingerprint density at radius 2 is 0.727 bits per heavy atom. The molecule has 0 aromatic rings. The van der Waals surface area contributed by atoms with Gasteiger partial charge in [0.25, 0.3) is 0 Å². The number of carbonyl (C=O) groups is 4. The average Bonchev–Trinajstić information content (AvgIpc) is 3.09. The summed E-state index contributed by atoms with van der Waals surface area (Å²) < 4.78 is 41.0. The first-order valence-corrected chi connectivity index (χ1v) is 14.2.